The maximum atomic E-state index is 12.4. The van der Waals surface area contributed by atoms with E-state index in [0.717, 1.165) is 5.69 Å². The van der Waals surface area contributed by atoms with Gasteiger partial charge in [-0.1, -0.05) is 0 Å². The molecule has 2 aromatic heterocycles. The van der Waals surface area contributed by atoms with Crippen molar-refractivity contribution in [2.45, 2.75) is 12.0 Å². The molecule has 0 spiro atoms. The highest BCUT2D eigenvalue weighted by Gasteiger charge is 2.30. The van der Waals surface area contributed by atoms with Crippen molar-refractivity contribution < 1.29 is 22.4 Å². The number of carbonyl (C=O) groups is 1. The second kappa shape index (κ2) is 6.40. The summed E-state index contributed by atoms with van der Waals surface area (Å²) in [5.41, 5.74) is 0.792. The van der Waals surface area contributed by atoms with E-state index >= 15 is 0 Å². The number of ether oxygens (including phenoxy) is 1. The van der Waals surface area contributed by atoms with Gasteiger partial charge in [-0.25, -0.2) is 13.4 Å². The summed E-state index contributed by atoms with van der Waals surface area (Å²) < 4.78 is 36.5. The number of sulfonamides is 1. The molecule has 0 aromatic carbocycles. The first-order valence-corrected chi connectivity index (χ1v) is 9.20. The molecule has 1 aliphatic heterocycles. The SMILES string of the molecule is Cc1csc(NC(=O)c2ccc(S(=O)(=O)N3CCOCC3)o2)n1. The summed E-state index contributed by atoms with van der Waals surface area (Å²) in [5.74, 6) is -0.618. The smallest absolute Gasteiger partial charge is 0.293 e. The number of anilines is 1. The number of rotatable bonds is 4. The lowest BCUT2D eigenvalue weighted by Crippen LogP contribution is -2.40. The maximum Gasteiger partial charge on any atom is 0.293 e. The van der Waals surface area contributed by atoms with Crippen LogP contribution in [0.1, 0.15) is 16.2 Å². The Morgan fingerprint density at radius 1 is 1.35 bits per heavy atom. The van der Waals surface area contributed by atoms with Crippen LogP contribution >= 0.6 is 11.3 Å². The molecule has 1 saturated heterocycles. The van der Waals surface area contributed by atoms with E-state index in [-0.39, 0.29) is 23.9 Å². The second-order valence-electron chi connectivity index (χ2n) is 4.88. The van der Waals surface area contributed by atoms with E-state index < -0.39 is 15.9 Å². The average molecular weight is 357 g/mol. The number of thiazole rings is 1. The van der Waals surface area contributed by atoms with E-state index in [2.05, 4.69) is 10.3 Å². The molecule has 0 saturated carbocycles. The predicted octanol–water partition coefficient (Wildman–Crippen LogP) is 1.32. The molecule has 124 valence electrons. The molecule has 0 unspecified atom stereocenters. The zero-order valence-corrected chi connectivity index (χ0v) is 13.9. The highest BCUT2D eigenvalue weighted by atomic mass is 32.2. The molecule has 1 N–H and O–H groups in total. The van der Waals surface area contributed by atoms with Gasteiger partial charge >= 0.3 is 0 Å². The fraction of sp³-hybridized carbons (Fsp3) is 0.385. The molecular formula is C13H15N3O5S2. The number of furan rings is 1. The fourth-order valence-corrected chi connectivity index (χ4v) is 4.07. The summed E-state index contributed by atoms with van der Waals surface area (Å²) in [6.45, 7) is 3.03. The van der Waals surface area contributed by atoms with Crippen LogP contribution in [-0.4, -0.2) is 49.9 Å². The van der Waals surface area contributed by atoms with Gasteiger partial charge in [-0.2, -0.15) is 4.31 Å². The Hall–Kier alpha value is -1.75. The van der Waals surface area contributed by atoms with E-state index in [1.54, 1.807) is 5.38 Å². The third-order valence-electron chi connectivity index (χ3n) is 3.21. The first kappa shape index (κ1) is 16.1. The van der Waals surface area contributed by atoms with Crippen molar-refractivity contribution >= 4 is 32.4 Å². The van der Waals surface area contributed by atoms with Crippen LogP contribution in [0.15, 0.2) is 27.0 Å². The quantitative estimate of drug-likeness (QED) is 0.885. The van der Waals surface area contributed by atoms with Crippen molar-refractivity contribution in [1.82, 2.24) is 9.29 Å². The van der Waals surface area contributed by atoms with Crippen molar-refractivity contribution in [2.24, 2.45) is 0 Å². The van der Waals surface area contributed by atoms with Gasteiger partial charge in [0.25, 0.3) is 15.9 Å². The Balaban J connectivity index is 1.75. The number of amides is 1. The van der Waals surface area contributed by atoms with Crippen LogP contribution in [-0.2, 0) is 14.8 Å². The van der Waals surface area contributed by atoms with Crippen LogP contribution in [0, 0.1) is 6.92 Å². The fourth-order valence-electron chi connectivity index (χ4n) is 2.07. The van der Waals surface area contributed by atoms with Crippen molar-refractivity contribution in [3.8, 4) is 0 Å². The second-order valence-corrected chi connectivity index (χ2v) is 7.61. The van der Waals surface area contributed by atoms with Gasteiger partial charge in [0.05, 0.1) is 18.9 Å². The molecule has 0 radical (unpaired) electrons. The summed E-state index contributed by atoms with van der Waals surface area (Å²) in [6, 6.07) is 2.62. The minimum absolute atomic E-state index is 0.0790. The summed E-state index contributed by atoms with van der Waals surface area (Å²) in [4.78, 5) is 16.2. The highest BCUT2D eigenvalue weighted by molar-refractivity contribution is 7.89. The predicted molar refractivity (Wildman–Crippen MR) is 83.1 cm³/mol. The lowest BCUT2D eigenvalue weighted by Gasteiger charge is -2.24. The molecule has 8 nitrogen and oxygen atoms in total. The summed E-state index contributed by atoms with van der Waals surface area (Å²) in [5, 5.41) is 4.55. The lowest BCUT2D eigenvalue weighted by molar-refractivity contribution is 0.0723. The number of hydrogen-bond donors (Lipinski definition) is 1. The number of nitrogens with zero attached hydrogens (tertiary/aromatic N) is 2. The summed E-state index contributed by atoms with van der Waals surface area (Å²) >= 11 is 1.28. The van der Waals surface area contributed by atoms with Crippen molar-refractivity contribution in [1.29, 1.82) is 0 Å². The highest BCUT2D eigenvalue weighted by Crippen LogP contribution is 2.21. The molecule has 1 aliphatic rings. The van der Waals surface area contributed by atoms with Crippen LogP contribution in [0.5, 0.6) is 0 Å². The molecule has 1 amide bonds. The van der Waals surface area contributed by atoms with E-state index in [1.165, 1.54) is 27.8 Å². The third-order valence-corrected chi connectivity index (χ3v) is 5.86. The number of carbonyl (C=O) groups excluding carboxylic acids is 1. The van der Waals surface area contributed by atoms with Crippen LogP contribution in [0.25, 0.3) is 0 Å². The monoisotopic (exact) mass is 357 g/mol. The number of morpholine rings is 1. The molecule has 0 bridgehead atoms. The van der Waals surface area contributed by atoms with Gasteiger partial charge in [-0.15, -0.1) is 11.3 Å². The third kappa shape index (κ3) is 3.44. The minimum atomic E-state index is -3.75. The van der Waals surface area contributed by atoms with Gasteiger partial charge in [0.15, 0.2) is 10.9 Å². The van der Waals surface area contributed by atoms with Gasteiger partial charge < -0.3 is 9.15 Å². The normalized spacial score (nSPS) is 16.4. The molecule has 23 heavy (non-hydrogen) atoms. The van der Waals surface area contributed by atoms with Gasteiger partial charge in [0.1, 0.15) is 0 Å². The van der Waals surface area contributed by atoms with Crippen LogP contribution < -0.4 is 5.32 Å². The van der Waals surface area contributed by atoms with Gasteiger partial charge in [0, 0.05) is 18.5 Å². The summed E-state index contributed by atoms with van der Waals surface area (Å²) in [6.07, 6.45) is 0. The number of aromatic nitrogens is 1. The topological polar surface area (TPSA) is 102 Å². The van der Waals surface area contributed by atoms with Gasteiger partial charge in [0.2, 0.25) is 5.09 Å². The average Bonchev–Trinajstić information content (AvgIpc) is 3.18. The molecule has 2 aromatic rings. The van der Waals surface area contributed by atoms with E-state index in [1.807, 2.05) is 6.92 Å². The zero-order valence-electron chi connectivity index (χ0n) is 12.3. The number of hydrogen-bond acceptors (Lipinski definition) is 7. The van der Waals surface area contributed by atoms with Crippen LogP contribution in [0.4, 0.5) is 5.13 Å². The Bertz CT molecular complexity index is 805. The largest absolute Gasteiger partial charge is 0.438 e. The Kier molecular flexibility index (Phi) is 4.48. The minimum Gasteiger partial charge on any atom is -0.438 e. The standard InChI is InChI=1S/C13H15N3O5S2/c1-9-8-22-13(14-9)15-12(17)10-2-3-11(21-10)23(18,19)16-4-6-20-7-5-16/h2-3,8H,4-7H2,1H3,(H,14,15,17). The number of aryl methyl sites for hydroxylation is 1. The van der Waals surface area contributed by atoms with Crippen molar-refractivity contribution in [2.75, 3.05) is 31.6 Å². The molecular weight excluding hydrogens is 342 g/mol. The zero-order chi connectivity index (χ0) is 16.4. The molecule has 3 heterocycles. The van der Waals surface area contributed by atoms with Gasteiger partial charge in [-0.05, 0) is 19.1 Å². The van der Waals surface area contributed by atoms with E-state index in [9.17, 15) is 13.2 Å². The molecule has 1 fully saturated rings. The molecule has 10 heteroatoms. The van der Waals surface area contributed by atoms with Gasteiger partial charge in [-0.3, -0.25) is 10.1 Å². The number of nitrogens with one attached hydrogen (secondary N) is 1. The maximum absolute atomic E-state index is 12.4. The lowest BCUT2D eigenvalue weighted by atomic mass is 10.4. The molecule has 0 atom stereocenters. The first-order chi connectivity index (χ1) is 11.0. The molecule has 3 rings (SSSR count). The van der Waals surface area contributed by atoms with Crippen LogP contribution in [0.2, 0.25) is 0 Å². The van der Waals surface area contributed by atoms with Crippen molar-refractivity contribution in [3.05, 3.63) is 29.0 Å². The molecule has 0 aliphatic carbocycles. The van der Waals surface area contributed by atoms with E-state index in [0.29, 0.717) is 18.3 Å². The summed E-state index contributed by atoms with van der Waals surface area (Å²) in [7, 11) is -3.75. The van der Waals surface area contributed by atoms with E-state index in [4.69, 9.17) is 9.15 Å². The Morgan fingerprint density at radius 2 is 2.09 bits per heavy atom. The Morgan fingerprint density at radius 3 is 2.74 bits per heavy atom. The van der Waals surface area contributed by atoms with Crippen molar-refractivity contribution in [3.63, 3.8) is 0 Å². The van der Waals surface area contributed by atoms with Crippen LogP contribution in [0.3, 0.4) is 0 Å². The Labute approximate surface area is 137 Å². The first-order valence-electron chi connectivity index (χ1n) is 6.88.